The summed E-state index contributed by atoms with van der Waals surface area (Å²) in [6.07, 6.45) is 3.44. The van der Waals surface area contributed by atoms with E-state index in [1.807, 2.05) is 31.5 Å². The van der Waals surface area contributed by atoms with Crippen molar-refractivity contribution in [1.29, 1.82) is 0 Å². The summed E-state index contributed by atoms with van der Waals surface area (Å²) in [6, 6.07) is 4.05. The first-order chi connectivity index (χ1) is 9.15. The van der Waals surface area contributed by atoms with Crippen molar-refractivity contribution in [3.63, 3.8) is 0 Å². The maximum Gasteiger partial charge on any atom is 0.137 e. The molecule has 0 aliphatic carbocycles. The molecule has 0 saturated carbocycles. The van der Waals surface area contributed by atoms with Crippen LogP contribution in [0.15, 0.2) is 23.8 Å². The van der Waals surface area contributed by atoms with Crippen molar-refractivity contribution < 1.29 is 4.74 Å². The number of aromatic nitrogens is 2. The van der Waals surface area contributed by atoms with Gasteiger partial charge in [-0.25, -0.2) is 4.98 Å². The van der Waals surface area contributed by atoms with Gasteiger partial charge in [0.15, 0.2) is 0 Å². The number of rotatable bonds is 6. The molecule has 19 heavy (non-hydrogen) atoms. The molecule has 4 nitrogen and oxygen atoms in total. The highest BCUT2D eigenvalue weighted by atomic mass is 32.1. The highest BCUT2D eigenvalue weighted by molar-refractivity contribution is 7.09. The second-order valence-corrected chi connectivity index (χ2v) is 5.57. The summed E-state index contributed by atoms with van der Waals surface area (Å²) in [5.74, 6) is 0.801. The summed E-state index contributed by atoms with van der Waals surface area (Å²) >= 11 is 1.67. The first-order valence-electron chi connectivity index (χ1n) is 6.37. The summed E-state index contributed by atoms with van der Waals surface area (Å²) in [6.45, 7) is 4.65. The summed E-state index contributed by atoms with van der Waals surface area (Å²) in [5.41, 5.74) is 9.70. The van der Waals surface area contributed by atoms with E-state index >= 15 is 0 Å². The Bertz CT molecular complexity index is 508. The van der Waals surface area contributed by atoms with Gasteiger partial charge in [-0.05, 0) is 26.0 Å². The van der Waals surface area contributed by atoms with Crippen molar-refractivity contribution in [2.24, 2.45) is 5.73 Å². The van der Waals surface area contributed by atoms with Crippen LogP contribution >= 0.6 is 11.3 Å². The van der Waals surface area contributed by atoms with Crippen LogP contribution in [0, 0.1) is 6.92 Å². The topological polar surface area (TPSA) is 61.0 Å². The number of thiazole rings is 1. The monoisotopic (exact) mass is 277 g/mol. The third-order valence-electron chi connectivity index (χ3n) is 2.77. The Morgan fingerprint density at radius 2 is 2.21 bits per heavy atom. The van der Waals surface area contributed by atoms with E-state index in [0.717, 1.165) is 30.0 Å². The lowest BCUT2D eigenvalue weighted by molar-refractivity contribution is 0.321. The molecule has 0 spiro atoms. The fraction of sp³-hybridized carbons (Fsp3) is 0.429. The quantitative estimate of drug-likeness (QED) is 0.880. The van der Waals surface area contributed by atoms with E-state index in [4.69, 9.17) is 10.5 Å². The molecule has 102 valence electrons. The highest BCUT2D eigenvalue weighted by Crippen LogP contribution is 2.14. The third-order valence-corrected chi connectivity index (χ3v) is 3.77. The van der Waals surface area contributed by atoms with Crippen LogP contribution in [-0.4, -0.2) is 22.6 Å². The fourth-order valence-electron chi connectivity index (χ4n) is 1.77. The van der Waals surface area contributed by atoms with Crippen molar-refractivity contribution in [3.05, 3.63) is 40.1 Å². The molecule has 0 fully saturated rings. The van der Waals surface area contributed by atoms with E-state index in [-0.39, 0.29) is 6.04 Å². The normalized spacial score (nSPS) is 12.4. The number of nitrogens with zero attached hydrogens (tertiary/aromatic N) is 2. The van der Waals surface area contributed by atoms with Gasteiger partial charge in [-0.1, -0.05) is 0 Å². The summed E-state index contributed by atoms with van der Waals surface area (Å²) < 4.78 is 5.68. The number of ether oxygens (including phenoxy) is 1. The smallest absolute Gasteiger partial charge is 0.137 e. The van der Waals surface area contributed by atoms with Crippen molar-refractivity contribution in [2.45, 2.75) is 32.7 Å². The average Bonchev–Trinajstić information content (AvgIpc) is 2.77. The zero-order valence-electron chi connectivity index (χ0n) is 11.3. The Labute approximate surface area is 117 Å². The van der Waals surface area contributed by atoms with E-state index in [2.05, 4.69) is 9.97 Å². The Kier molecular flexibility index (Phi) is 4.87. The number of nitrogens with two attached hydrogens (primary N) is 1. The maximum atomic E-state index is 5.74. The standard InChI is InChI=1S/C14H19N3OS/c1-10(15)7-12-3-4-13(8-16-12)18-6-5-14-11(2)17-9-19-14/h3-4,8-10H,5-7,15H2,1-2H3. The molecule has 2 heterocycles. The largest absolute Gasteiger partial charge is 0.492 e. The second kappa shape index (κ2) is 6.63. The van der Waals surface area contributed by atoms with Crippen LogP contribution in [0.25, 0.3) is 0 Å². The molecule has 0 saturated heterocycles. The summed E-state index contributed by atoms with van der Waals surface area (Å²) in [7, 11) is 0. The van der Waals surface area contributed by atoms with Crippen LogP contribution in [0.5, 0.6) is 5.75 Å². The Balaban J connectivity index is 1.81. The van der Waals surface area contributed by atoms with Gasteiger partial charge in [-0.15, -0.1) is 11.3 Å². The van der Waals surface area contributed by atoms with E-state index in [9.17, 15) is 0 Å². The lowest BCUT2D eigenvalue weighted by Crippen LogP contribution is -2.18. The van der Waals surface area contributed by atoms with Gasteiger partial charge in [0.25, 0.3) is 0 Å². The van der Waals surface area contributed by atoms with Crippen molar-refractivity contribution >= 4 is 11.3 Å². The Morgan fingerprint density at radius 3 is 2.79 bits per heavy atom. The fourth-order valence-corrected chi connectivity index (χ4v) is 2.54. The maximum absolute atomic E-state index is 5.74. The molecule has 1 atom stereocenters. The third kappa shape index (κ3) is 4.29. The molecule has 2 rings (SSSR count). The van der Waals surface area contributed by atoms with Gasteiger partial charge >= 0.3 is 0 Å². The molecule has 5 heteroatoms. The lowest BCUT2D eigenvalue weighted by Gasteiger charge is -2.07. The first kappa shape index (κ1) is 14.0. The molecular weight excluding hydrogens is 258 g/mol. The average molecular weight is 277 g/mol. The van der Waals surface area contributed by atoms with Crippen LogP contribution in [0.1, 0.15) is 23.2 Å². The molecule has 2 N–H and O–H groups in total. The predicted octanol–water partition coefficient (Wildman–Crippen LogP) is 2.36. The number of aryl methyl sites for hydroxylation is 1. The van der Waals surface area contributed by atoms with Gasteiger partial charge in [0.2, 0.25) is 0 Å². The lowest BCUT2D eigenvalue weighted by atomic mass is 10.2. The van der Waals surface area contributed by atoms with Gasteiger partial charge in [0.05, 0.1) is 24.0 Å². The van der Waals surface area contributed by atoms with E-state index in [1.54, 1.807) is 17.5 Å². The number of pyridine rings is 1. The van der Waals surface area contributed by atoms with Gasteiger partial charge in [-0.2, -0.15) is 0 Å². The van der Waals surface area contributed by atoms with Crippen LogP contribution in [0.2, 0.25) is 0 Å². The van der Waals surface area contributed by atoms with Crippen molar-refractivity contribution in [1.82, 2.24) is 9.97 Å². The molecule has 2 aromatic heterocycles. The van der Waals surface area contributed by atoms with Crippen molar-refractivity contribution in [3.8, 4) is 5.75 Å². The number of hydrogen-bond donors (Lipinski definition) is 1. The zero-order chi connectivity index (χ0) is 13.7. The molecule has 1 unspecified atom stereocenters. The summed E-state index contributed by atoms with van der Waals surface area (Å²) in [5, 5.41) is 0. The van der Waals surface area contributed by atoms with E-state index in [1.165, 1.54) is 4.88 Å². The zero-order valence-corrected chi connectivity index (χ0v) is 12.1. The molecule has 0 bridgehead atoms. The van der Waals surface area contributed by atoms with Gasteiger partial charge < -0.3 is 10.5 Å². The van der Waals surface area contributed by atoms with E-state index in [0.29, 0.717) is 6.61 Å². The molecule has 0 radical (unpaired) electrons. The Hall–Kier alpha value is -1.46. The molecule has 0 aromatic carbocycles. The van der Waals surface area contributed by atoms with Gasteiger partial charge in [0, 0.05) is 29.5 Å². The minimum atomic E-state index is 0.133. The SMILES string of the molecule is Cc1ncsc1CCOc1ccc(CC(C)N)nc1. The van der Waals surface area contributed by atoms with E-state index < -0.39 is 0 Å². The first-order valence-corrected chi connectivity index (χ1v) is 7.25. The molecule has 0 aliphatic rings. The number of hydrogen-bond acceptors (Lipinski definition) is 5. The van der Waals surface area contributed by atoms with Crippen LogP contribution < -0.4 is 10.5 Å². The van der Waals surface area contributed by atoms with Crippen molar-refractivity contribution in [2.75, 3.05) is 6.61 Å². The predicted molar refractivity (Wildman–Crippen MR) is 77.6 cm³/mol. The molecule has 0 aliphatic heterocycles. The molecular formula is C14H19N3OS. The summed E-state index contributed by atoms with van der Waals surface area (Å²) in [4.78, 5) is 9.84. The van der Waals surface area contributed by atoms with Crippen LogP contribution in [-0.2, 0) is 12.8 Å². The van der Waals surface area contributed by atoms with Crippen LogP contribution in [0.4, 0.5) is 0 Å². The molecule has 2 aromatic rings. The Morgan fingerprint density at radius 1 is 1.37 bits per heavy atom. The van der Waals surface area contributed by atoms with Gasteiger partial charge in [-0.3, -0.25) is 4.98 Å². The minimum Gasteiger partial charge on any atom is -0.492 e. The van der Waals surface area contributed by atoms with Gasteiger partial charge in [0.1, 0.15) is 5.75 Å². The minimum absolute atomic E-state index is 0.133. The van der Waals surface area contributed by atoms with Crippen LogP contribution in [0.3, 0.4) is 0 Å². The highest BCUT2D eigenvalue weighted by Gasteiger charge is 2.03. The molecule has 0 amide bonds. The second-order valence-electron chi connectivity index (χ2n) is 4.63.